The van der Waals surface area contributed by atoms with Crippen LogP contribution >= 0.6 is 11.6 Å². The van der Waals surface area contributed by atoms with Crippen molar-refractivity contribution in [3.8, 4) is 0 Å². The zero-order chi connectivity index (χ0) is 15.8. The number of hydrogen-bond donors (Lipinski definition) is 0. The Balaban J connectivity index is 2.51. The number of alkyl halides is 3. The van der Waals surface area contributed by atoms with Crippen LogP contribution in [0.15, 0.2) is 18.2 Å². The van der Waals surface area contributed by atoms with Crippen LogP contribution in [-0.2, 0) is 9.63 Å². The van der Waals surface area contributed by atoms with Crippen molar-refractivity contribution in [2.75, 3.05) is 5.06 Å². The number of nitrogens with zero attached hydrogens (tertiary/aromatic N) is 1. The first kappa shape index (κ1) is 15.5. The molecule has 21 heavy (non-hydrogen) atoms. The van der Waals surface area contributed by atoms with Gasteiger partial charge >= 0.3 is 6.36 Å². The molecule has 0 aromatic heterocycles. The first-order chi connectivity index (χ1) is 9.70. The Kier molecular flexibility index (Phi) is 4.06. The fraction of sp³-hybridized carbons (Fsp3) is 0.231. The number of amides is 1. The molecule has 0 radical (unpaired) electrons. The van der Waals surface area contributed by atoms with E-state index in [9.17, 15) is 22.8 Å². The van der Waals surface area contributed by atoms with Crippen LogP contribution < -0.4 is 5.06 Å². The predicted octanol–water partition coefficient (Wildman–Crippen LogP) is 3.74. The predicted molar refractivity (Wildman–Crippen MR) is 69.7 cm³/mol. The maximum Gasteiger partial charge on any atom is 0.544 e. The van der Waals surface area contributed by atoms with Crippen molar-refractivity contribution in [1.82, 2.24) is 0 Å². The van der Waals surface area contributed by atoms with E-state index in [2.05, 4.69) is 4.84 Å². The van der Waals surface area contributed by atoms with Gasteiger partial charge in [-0.1, -0.05) is 23.8 Å². The summed E-state index contributed by atoms with van der Waals surface area (Å²) in [4.78, 5) is 26.7. The zero-order valence-electron chi connectivity index (χ0n) is 10.7. The third-order valence-corrected chi connectivity index (χ3v) is 3.14. The molecule has 1 amide bonds. The molecule has 0 heterocycles. The quantitative estimate of drug-likeness (QED) is 0.780. The molecule has 1 aromatic rings. The van der Waals surface area contributed by atoms with Crippen molar-refractivity contribution in [3.05, 3.63) is 34.4 Å². The lowest BCUT2D eigenvalue weighted by Crippen LogP contribution is -2.35. The third kappa shape index (κ3) is 3.25. The van der Waals surface area contributed by atoms with Gasteiger partial charge in [0, 0.05) is 24.5 Å². The Morgan fingerprint density at radius 1 is 1.38 bits per heavy atom. The molecule has 8 heteroatoms. The van der Waals surface area contributed by atoms with Crippen LogP contribution in [0, 0.1) is 0 Å². The molecule has 0 aliphatic heterocycles. The molecule has 0 unspecified atom stereocenters. The summed E-state index contributed by atoms with van der Waals surface area (Å²) in [5, 5.41) is -0.105. The van der Waals surface area contributed by atoms with Crippen molar-refractivity contribution < 1.29 is 27.6 Å². The van der Waals surface area contributed by atoms with Crippen LogP contribution in [0.3, 0.4) is 0 Å². The van der Waals surface area contributed by atoms with E-state index in [0.717, 1.165) is 13.0 Å². The van der Waals surface area contributed by atoms with Crippen molar-refractivity contribution in [3.63, 3.8) is 0 Å². The molecule has 0 bridgehead atoms. The number of hydroxylamine groups is 1. The zero-order valence-corrected chi connectivity index (χ0v) is 11.5. The van der Waals surface area contributed by atoms with Gasteiger partial charge in [0.05, 0.1) is 10.7 Å². The van der Waals surface area contributed by atoms with Crippen molar-refractivity contribution >= 4 is 35.1 Å². The standard InChI is InChI=1S/C13H9ClF3NO3/c1-7(19)18(21-13(15,16)17)10-6-5-8-9(12(10)14)3-2-4-11(8)20/h2-3,5-6H,4H2,1H3. The molecule has 0 saturated heterocycles. The molecule has 0 atom stereocenters. The van der Waals surface area contributed by atoms with E-state index in [1.807, 2.05) is 0 Å². The fourth-order valence-electron chi connectivity index (χ4n) is 1.92. The van der Waals surface area contributed by atoms with E-state index in [-0.39, 0.29) is 33.5 Å². The van der Waals surface area contributed by atoms with Gasteiger partial charge in [0.15, 0.2) is 5.78 Å². The van der Waals surface area contributed by atoms with Crippen LogP contribution in [0.5, 0.6) is 0 Å². The summed E-state index contributed by atoms with van der Waals surface area (Å²) < 4.78 is 37.1. The number of Topliss-reactive ketones (excluding diaryl/α,β-unsaturated/α-hetero) is 1. The summed E-state index contributed by atoms with van der Waals surface area (Å²) in [6.45, 7) is 0.905. The molecular weight excluding hydrogens is 311 g/mol. The Morgan fingerprint density at radius 2 is 2.05 bits per heavy atom. The average Bonchev–Trinajstić information content (AvgIpc) is 2.37. The van der Waals surface area contributed by atoms with Gasteiger partial charge in [0.2, 0.25) is 5.91 Å². The number of allylic oxidation sites excluding steroid dienone is 1. The molecule has 1 aromatic carbocycles. The summed E-state index contributed by atoms with van der Waals surface area (Å²) in [5.74, 6) is -1.20. The number of ketones is 1. The van der Waals surface area contributed by atoms with E-state index < -0.39 is 12.3 Å². The highest BCUT2D eigenvalue weighted by Gasteiger charge is 2.36. The summed E-state index contributed by atoms with van der Waals surface area (Å²) in [7, 11) is 0. The van der Waals surface area contributed by atoms with Crippen molar-refractivity contribution in [2.24, 2.45) is 0 Å². The van der Waals surface area contributed by atoms with Crippen LogP contribution in [0.1, 0.15) is 29.3 Å². The largest absolute Gasteiger partial charge is 0.544 e. The average molecular weight is 320 g/mol. The number of carbonyl (C=O) groups excluding carboxylic acids is 2. The Labute approximate surface area is 122 Å². The summed E-state index contributed by atoms with van der Waals surface area (Å²) >= 11 is 6.01. The van der Waals surface area contributed by atoms with E-state index in [1.165, 1.54) is 12.1 Å². The van der Waals surface area contributed by atoms with Gasteiger partial charge in [0.25, 0.3) is 0 Å². The van der Waals surface area contributed by atoms with Crippen LogP contribution in [-0.4, -0.2) is 18.1 Å². The monoisotopic (exact) mass is 319 g/mol. The van der Waals surface area contributed by atoms with E-state index in [1.54, 1.807) is 6.08 Å². The summed E-state index contributed by atoms with van der Waals surface area (Å²) in [6, 6.07) is 2.46. The lowest BCUT2D eigenvalue weighted by atomic mass is 9.95. The topological polar surface area (TPSA) is 46.6 Å². The summed E-state index contributed by atoms with van der Waals surface area (Å²) in [6.07, 6.45) is -1.79. The maximum absolute atomic E-state index is 12.4. The van der Waals surface area contributed by atoms with E-state index in [4.69, 9.17) is 11.6 Å². The first-order valence-electron chi connectivity index (χ1n) is 5.79. The van der Waals surface area contributed by atoms with E-state index >= 15 is 0 Å². The molecule has 0 saturated carbocycles. The molecule has 2 rings (SSSR count). The molecule has 0 spiro atoms. The highest BCUT2D eigenvalue weighted by molar-refractivity contribution is 6.36. The smallest absolute Gasteiger partial charge is 0.294 e. The van der Waals surface area contributed by atoms with Crippen LogP contribution in [0.2, 0.25) is 5.02 Å². The number of fused-ring (bicyclic) bond motifs is 1. The Hall–Kier alpha value is -1.86. The Bertz CT molecular complexity index is 640. The van der Waals surface area contributed by atoms with Crippen LogP contribution in [0.25, 0.3) is 6.08 Å². The second kappa shape index (κ2) is 5.50. The molecule has 0 N–H and O–H groups in total. The molecule has 0 fully saturated rings. The number of anilines is 1. The molecule has 4 nitrogen and oxygen atoms in total. The second-order valence-corrected chi connectivity index (χ2v) is 4.62. The first-order valence-corrected chi connectivity index (χ1v) is 6.17. The third-order valence-electron chi connectivity index (χ3n) is 2.75. The minimum Gasteiger partial charge on any atom is -0.294 e. The number of rotatable bonds is 2. The number of benzene rings is 1. The van der Waals surface area contributed by atoms with Crippen molar-refractivity contribution in [1.29, 1.82) is 0 Å². The summed E-state index contributed by atoms with van der Waals surface area (Å²) in [5.41, 5.74) is 0.281. The van der Waals surface area contributed by atoms with Gasteiger partial charge in [-0.2, -0.15) is 9.90 Å². The van der Waals surface area contributed by atoms with Gasteiger partial charge in [-0.3, -0.25) is 9.59 Å². The highest BCUT2D eigenvalue weighted by atomic mass is 35.5. The second-order valence-electron chi connectivity index (χ2n) is 4.24. The fourth-order valence-corrected chi connectivity index (χ4v) is 2.23. The molecule has 1 aliphatic rings. The van der Waals surface area contributed by atoms with Gasteiger partial charge in [-0.25, -0.2) is 0 Å². The Morgan fingerprint density at radius 3 is 2.62 bits per heavy atom. The van der Waals surface area contributed by atoms with Gasteiger partial charge in [-0.05, 0) is 12.1 Å². The van der Waals surface area contributed by atoms with Gasteiger partial charge in [0.1, 0.15) is 0 Å². The van der Waals surface area contributed by atoms with Gasteiger partial charge in [-0.15, -0.1) is 13.2 Å². The minimum absolute atomic E-state index is 0.0511. The van der Waals surface area contributed by atoms with Gasteiger partial charge < -0.3 is 0 Å². The lowest BCUT2D eigenvalue weighted by molar-refractivity contribution is -0.327. The van der Waals surface area contributed by atoms with E-state index in [0.29, 0.717) is 5.56 Å². The number of halogens is 4. The number of carbonyl (C=O) groups is 2. The lowest BCUT2D eigenvalue weighted by Gasteiger charge is -2.24. The van der Waals surface area contributed by atoms with Crippen LogP contribution in [0.4, 0.5) is 18.9 Å². The minimum atomic E-state index is -5.05. The normalized spacial score (nSPS) is 14.0. The highest BCUT2D eigenvalue weighted by Crippen LogP contribution is 2.36. The maximum atomic E-state index is 12.4. The molecule has 112 valence electrons. The van der Waals surface area contributed by atoms with Crippen molar-refractivity contribution in [2.45, 2.75) is 19.7 Å². The number of hydrogen-bond acceptors (Lipinski definition) is 3. The SMILES string of the molecule is CC(=O)N(OC(F)(F)F)c1ccc2c(c1Cl)C=CCC2=O. The molecule has 1 aliphatic carbocycles. The molecular formula is C13H9ClF3NO3.